The first-order valence-corrected chi connectivity index (χ1v) is 6.79. The number of carbonyl (C=O) groups excluding carboxylic acids is 1. The average molecular weight is 276 g/mol. The van der Waals surface area contributed by atoms with E-state index in [1.807, 2.05) is 20.0 Å². The summed E-state index contributed by atoms with van der Waals surface area (Å²) < 4.78 is 0. The second-order valence-corrected chi connectivity index (χ2v) is 5.45. The summed E-state index contributed by atoms with van der Waals surface area (Å²) >= 11 is 1.59. The Morgan fingerprint density at radius 2 is 2.11 bits per heavy atom. The predicted molar refractivity (Wildman–Crippen MR) is 76.5 cm³/mol. The van der Waals surface area contributed by atoms with Crippen LogP contribution < -0.4 is 10.6 Å². The molecule has 5 nitrogen and oxygen atoms in total. The Labute approximate surface area is 116 Å². The van der Waals surface area contributed by atoms with Crippen LogP contribution in [0.15, 0.2) is 24.5 Å². The molecule has 0 aromatic carbocycles. The molecule has 6 heteroatoms. The number of aromatic nitrogens is 2. The Kier molecular flexibility index (Phi) is 4.11. The Hall–Kier alpha value is -1.95. The van der Waals surface area contributed by atoms with E-state index in [1.54, 1.807) is 36.7 Å². The molecule has 2 aromatic rings. The molecule has 1 amide bonds. The summed E-state index contributed by atoms with van der Waals surface area (Å²) in [6.45, 7) is 3.92. The van der Waals surface area contributed by atoms with E-state index in [9.17, 15) is 4.79 Å². The first kappa shape index (κ1) is 13.5. The van der Waals surface area contributed by atoms with Crippen LogP contribution in [0.4, 0.5) is 5.82 Å². The van der Waals surface area contributed by atoms with Crippen molar-refractivity contribution >= 4 is 23.1 Å². The van der Waals surface area contributed by atoms with E-state index in [1.165, 1.54) is 0 Å². The third kappa shape index (κ3) is 3.29. The van der Waals surface area contributed by atoms with Gasteiger partial charge >= 0.3 is 0 Å². The second kappa shape index (κ2) is 5.79. The highest BCUT2D eigenvalue weighted by Crippen LogP contribution is 2.19. The standard InChI is InChI=1S/C13H16N4OS/c1-8-6-16-13(19-8)9(2)17-12(18)10-4-5-11(14-3)15-7-10/h4-7,9H,1-3H3,(H,14,15)(H,17,18). The highest BCUT2D eigenvalue weighted by Gasteiger charge is 2.14. The summed E-state index contributed by atoms with van der Waals surface area (Å²) in [5.41, 5.74) is 0.541. The number of pyridine rings is 1. The van der Waals surface area contributed by atoms with Crippen LogP contribution in [-0.2, 0) is 0 Å². The molecule has 1 unspecified atom stereocenters. The van der Waals surface area contributed by atoms with Crippen molar-refractivity contribution in [2.75, 3.05) is 12.4 Å². The summed E-state index contributed by atoms with van der Waals surface area (Å²) in [5, 5.41) is 6.73. The number of aryl methyl sites for hydroxylation is 1. The van der Waals surface area contributed by atoms with Crippen LogP contribution in [0.25, 0.3) is 0 Å². The van der Waals surface area contributed by atoms with Gasteiger partial charge in [-0.05, 0) is 26.0 Å². The van der Waals surface area contributed by atoms with Crippen LogP contribution in [0, 0.1) is 6.92 Å². The molecule has 0 fully saturated rings. The zero-order chi connectivity index (χ0) is 13.8. The third-order valence-electron chi connectivity index (χ3n) is 2.64. The van der Waals surface area contributed by atoms with Gasteiger partial charge in [0.15, 0.2) is 0 Å². The minimum absolute atomic E-state index is 0.102. The van der Waals surface area contributed by atoms with Crippen LogP contribution in [0.1, 0.15) is 33.2 Å². The van der Waals surface area contributed by atoms with Gasteiger partial charge < -0.3 is 10.6 Å². The summed E-state index contributed by atoms with van der Waals surface area (Å²) in [6.07, 6.45) is 3.37. The number of hydrogen-bond acceptors (Lipinski definition) is 5. The van der Waals surface area contributed by atoms with E-state index in [2.05, 4.69) is 20.6 Å². The van der Waals surface area contributed by atoms with Gasteiger partial charge in [0.2, 0.25) is 0 Å². The lowest BCUT2D eigenvalue weighted by Gasteiger charge is -2.11. The largest absolute Gasteiger partial charge is 0.373 e. The van der Waals surface area contributed by atoms with E-state index in [4.69, 9.17) is 0 Å². The molecule has 0 spiro atoms. The maximum absolute atomic E-state index is 12.0. The van der Waals surface area contributed by atoms with Crippen molar-refractivity contribution < 1.29 is 4.79 Å². The SMILES string of the molecule is CNc1ccc(C(=O)NC(C)c2ncc(C)s2)cn1. The fourth-order valence-corrected chi connectivity index (χ4v) is 2.37. The summed E-state index contributed by atoms with van der Waals surface area (Å²) in [6, 6.07) is 3.41. The zero-order valence-corrected chi connectivity index (χ0v) is 11.9. The fourth-order valence-electron chi connectivity index (χ4n) is 1.59. The van der Waals surface area contributed by atoms with E-state index in [-0.39, 0.29) is 11.9 Å². The molecule has 0 bridgehead atoms. The molecule has 0 aliphatic rings. The lowest BCUT2D eigenvalue weighted by Crippen LogP contribution is -2.26. The molecule has 1 atom stereocenters. The van der Waals surface area contributed by atoms with Gasteiger partial charge in [0, 0.05) is 24.3 Å². The highest BCUT2D eigenvalue weighted by molar-refractivity contribution is 7.11. The van der Waals surface area contributed by atoms with Gasteiger partial charge in [-0.3, -0.25) is 4.79 Å². The molecule has 0 radical (unpaired) electrons. The summed E-state index contributed by atoms with van der Waals surface area (Å²) in [4.78, 5) is 21.6. The second-order valence-electron chi connectivity index (χ2n) is 4.19. The molecular formula is C13H16N4OS. The number of rotatable bonds is 4. The Morgan fingerprint density at radius 3 is 2.63 bits per heavy atom. The number of nitrogens with one attached hydrogen (secondary N) is 2. The van der Waals surface area contributed by atoms with E-state index >= 15 is 0 Å². The van der Waals surface area contributed by atoms with Gasteiger partial charge in [-0.25, -0.2) is 9.97 Å². The first-order valence-electron chi connectivity index (χ1n) is 5.97. The minimum atomic E-state index is -0.143. The predicted octanol–water partition coefficient (Wildman–Crippen LogP) is 2.38. The molecule has 19 heavy (non-hydrogen) atoms. The Bertz CT molecular complexity index is 564. The minimum Gasteiger partial charge on any atom is -0.373 e. The van der Waals surface area contributed by atoms with Gasteiger partial charge in [-0.2, -0.15) is 0 Å². The van der Waals surface area contributed by atoms with Gasteiger partial charge in [-0.15, -0.1) is 11.3 Å². The fraction of sp³-hybridized carbons (Fsp3) is 0.308. The van der Waals surface area contributed by atoms with Crippen molar-refractivity contribution in [1.29, 1.82) is 0 Å². The molecule has 100 valence electrons. The van der Waals surface area contributed by atoms with Crippen molar-refractivity contribution in [3.05, 3.63) is 40.0 Å². The van der Waals surface area contributed by atoms with Gasteiger partial charge in [0.1, 0.15) is 10.8 Å². The summed E-state index contributed by atoms with van der Waals surface area (Å²) in [5.74, 6) is 0.593. The van der Waals surface area contributed by atoms with Gasteiger partial charge in [-0.1, -0.05) is 0 Å². The van der Waals surface area contributed by atoms with Crippen LogP contribution in [0.3, 0.4) is 0 Å². The third-order valence-corrected chi connectivity index (χ3v) is 3.73. The molecular weight excluding hydrogens is 260 g/mol. The Balaban J connectivity index is 2.03. The van der Waals surface area contributed by atoms with E-state index in [0.29, 0.717) is 5.56 Å². The lowest BCUT2D eigenvalue weighted by atomic mass is 10.2. The number of hydrogen-bond donors (Lipinski definition) is 2. The van der Waals surface area contributed by atoms with Crippen molar-refractivity contribution in [2.45, 2.75) is 19.9 Å². The molecule has 0 saturated carbocycles. The van der Waals surface area contributed by atoms with Crippen molar-refractivity contribution in [3.8, 4) is 0 Å². The monoisotopic (exact) mass is 276 g/mol. The number of carbonyl (C=O) groups is 1. The zero-order valence-electron chi connectivity index (χ0n) is 11.1. The van der Waals surface area contributed by atoms with Crippen molar-refractivity contribution in [1.82, 2.24) is 15.3 Å². The van der Waals surface area contributed by atoms with Crippen molar-refractivity contribution in [3.63, 3.8) is 0 Å². The van der Waals surface area contributed by atoms with Crippen LogP contribution in [0.5, 0.6) is 0 Å². The summed E-state index contributed by atoms with van der Waals surface area (Å²) in [7, 11) is 1.79. The molecule has 0 aliphatic heterocycles. The smallest absolute Gasteiger partial charge is 0.253 e. The number of nitrogens with zero attached hydrogens (tertiary/aromatic N) is 2. The number of amides is 1. The van der Waals surface area contributed by atoms with Crippen LogP contribution in [-0.4, -0.2) is 22.9 Å². The van der Waals surface area contributed by atoms with Crippen LogP contribution >= 0.6 is 11.3 Å². The topological polar surface area (TPSA) is 66.9 Å². The van der Waals surface area contributed by atoms with E-state index in [0.717, 1.165) is 15.7 Å². The maximum Gasteiger partial charge on any atom is 0.253 e. The number of thiazole rings is 1. The van der Waals surface area contributed by atoms with E-state index < -0.39 is 0 Å². The number of anilines is 1. The molecule has 0 aliphatic carbocycles. The van der Waals surface area contributed by atoms with Crippen LogP contribution in [0.2, 0.25) is 0 Å². The molecule has 2 rings (SSSR count). The quantitative estimate of drug-likeness (QED) is 0.899. The average Bonchev–Trinajstić information content (AvgIpc) is 2.85. The molecule has 2 heterocycles. The lowest BCUT2D eigenvalue weighted by molar-refractivity contribution is 0.0939. The van der Waals surface area contributed by atoms with Crippen molar-refractivity contribution in [2.24, 2.45) is 0 Å². The molecule has 2 N–H and O–H groups in total. The first-order chi connectivity index (χ1) is 9.10. The Morgan fingerprint density at radius 1 is 1.32 bits per heavy atom. The molecule has 2 aromatic heterocycles. The highest BCUT2D eigenvalue weighted by atomic mass is 32.1. The molecule has 0 saturated heterocycles. The van der Waals surface area contributed by atoms with Gasteiger partial charge in [0.25, 0.3) is 5.91 Å². The normalized spacial score (nSPS) is 11.9. The van der Waals surface area contributed by atoms with Gasteiger partial charge in [0.05, 0.1) is 11.6 Å². The maximum atomic E-state index is 12.0.